The van der Waals surface area contributed by atoms with Crippen LogP contribution in [0.5, 0.6) is 0 Å². The molecule has 0 radical (unpaired) electrons. The number of carboxylic acids is 1. The molecule has 19 heavy (non-hydrogen) atoms. The number of ether oxygens (including phenoxy) is 1. The molecule has 0 aromatic heterocycles. The summed E-state index contributed by atoms with van der Waals surface area (Å²) in [5, 5.41) is 12.0. The highest BCUT2D eigenvalue weighted by atomic mass is 16.5. The molecular weight excluding hydrogens is 246 g/mol. The molecule has 1 amide bonds. The Kier molecular flexibility index (Phi) is 4.96. The molecule has 3 unspecified atom stereocenters. The van der Waals surface area contributed by atoms with Gasteiger partial charge >= 0.3 is 5.97 Å². The number of amides is 1. The number of allylic oxidation sites excluding steroid dienone is 2. The Morgan fingerprint density at radius 1 is 1.26 bits per heavy atom. The minimum absolute atomic E-state index is 0.137. The number of hydrogen-bond acceptors (Lipinski definition) is 3. The van der Waals surface area contributed by atoms with Gasteiger partial charge in [-0.3, -0.25) is 9.59 Å². The third kappa shape index (κ3) is 3.80. The third-order valence-electron chi connectivity index (χ3n) is 3.91. The van der Waals surface area contributed by atoms with Gasteiger partial charge < -0.3 is 15.2 Å². The lowest BCUT2D eigenvalue weighted by molar-refractivity contribution is -0.147. The number of rotatable bonds is 4. The Morgan fingerprint density at radius 3 is 2.63 bits per heavy atom. The van der Waals surface area contributed by atoms with E-state index in [2.05, 4.69) is 5.32 Å². The first kappa shape index (κ1) is 14.1. The maximum atomic E-state index is 12.1. The highest BCUT2D eigenvalue weighted by Crippen LogP contribution is 2.26. The Morgan fingerprint density at radius 2 is 2.00 bits per heavy atom. The highest BCUT2D eigenvalue weighted by molar-refractivity contribution is 5.85. The van der Waals surface area contributed by atoms with E-state index in [0.29, 0.717) is 31.9 Å². The maximum absolute atomic E-state index is 12.1. The molecule has 1 saturated heterocycles. The van der Waals surface area contributed by atoms with Gasteiger partial charge in [0.1, 0.15) is 0 Å². The number of carbonyl (C=O) groups is 2. The number of carbonyl (C=O) groups excluding carboxylic acids is 1. The van der Waals surface area contributed by atoms with E-state index in [1.807, 2.05) is 12.2 Å². The molecule has 1 fully saturated rings. The summed E-state index contributed by atoms with van der Waals surface area (Å²) >= 11 is 0. The van der Waals surface area contributed by atoms with Gasteiger partial charge in [-0.25, -0.2) is 0 Å². The van der Waals surface area contributed by atoms with Crippen molar-refractivity contribution in [1.82, 2.24) is 5.32 Å². The summed E-state index contributed by atoms with van der Waals surface area (Å²) in [7, 11) is 0. The van der Waals surface area contributed by atoms with Crippen LogP contribution in [0.25, 0.3) is 0 Å². The van der Waals surface area contributed by atoms with E-state index in [9.17, 15) is 9.59 Å². The van der Waals surface area contributed by atoms with Crippen molar-refractivity contribution in [3.05, 3.63) is 12.2 Å². The molecule has 2 rings (SSSR count). The monoisotopic (exact) mass is 267 g/mol. The van der Waals surface area contributed by atoms with Gasteiger partial charge in [0.2, 0.25) is 5.91 Å². The molecule has 1 aliphatic heterocycles. The smallest absolute Gasteiger partial charge is 0.307 e. The largest absolute Gasteiger partial charge is 0.481 e. The predicted octanol–water partition coefficient (Wildman–Crippen LogP) is 1.20. The van der Waals surface area contributed by atoms with Crippen molar-refractivity contribution < 1.29 is 19.4 Å². The molecule has 2 aliphatic rings. The Balaban J connectivity index is 1.84. The van der Waals surface area contributed by atoms with Gasteiger partial charge in [-0.05, 0) is 31.6 Å². The molecule has 1 heterocycles. The van der Waals surface area contributed by atoms with Gasteiger partial charge in [0.15, 0.2) is 0 Å². The number of aliphatic carboxylic acids is 1. The van der Waals surface area contributed by atoms with Crippen LogP contribution in [-0.2, 0) is 14.3 Å². The third-order valence-corrected chi connectivity index (χ3v) is 3.91. The standard InChI is InChI=1S/C14H21NO4/c16-13(15-8-10-4-3-7-19-9-10)11-5-1-2-6-12(11)14(17)18/h1-2,10-12H,3-9H2,(H,15,16)(H,17,18). The van der Waals surface area contributed by atoms with Gasteiger partial charge in [-0.1, -0.05) is 12.2 Å². The zero-order valence-electron chi connectivity index (χ0n) is 11.0. The van der Waals surface area contributed by atoms with E-state index in [1.165, 1.54) is 0 Å². The summed E-state index contributed by atoms with van der Waals surface area (Å²) in [6.07, 6.45) is 6.80. The zero-order valence-corrected chi connectivity index (χ0v) is 11.0. The van der Waals surface area contributed by atoms with Gasteiger partial charge in [0, 0.05) is 13.2 Å². The van der Waals surface area contributed by atoms with Crippen LogP contribution in [-0.4, -0.2) is 36.7 Å². The van der Waals surface area contributed by atoms with Crippen LogP contribution in [0.2, 0.25) is 0 Å². The second kappa shape index (κ2) is 6.70. The lowest BCUT2D eigenvalue weighted by Crippen LogP contribution is -2.41. The summed E-state index contributed by atoms with van der Waals surface area (Å²) in [6.45, 7) is 2.08. The Labute approximate surface area is 113 Å². The van der Waals surface area contributed by atoms with E-state index < -0.39 is 17.8 Å². The normalized spacial score (nSPS) is 30.8. The van der Waals surface area contributed by atoms with E-state index in [0.717, 1.165) is 19.4 Å². The fourth-order valence-corrected chi connectivity index (χ4v) is 2.72. The summed E-state index contributed by atoms with van der Waals surface area (Å²) in [6, 6.07) is 0. The van der Waals surface area contributed by atoms with E-state index in [4.69, 9.17) is 9.84 Å². The van der Waals surface area contributed by atoms with Crippen LogP contribution in [0.1, 0.15) is 25.7 Å². The fraction of sp³-hybridized carbons (Fsp3) is 0.714. The van der Waals surface area contributed by atoms with Crippen LogP contribution in [0.3, 0.4) is 0 Å². The van der Waals surface area contributed by atoms with Gasteiger partial charge in [0.05, 0.1) is 18.4 Å². The fourth-order valence-electron chi connectivity index (χ4n) is 2.72. The highest BCUT2D eigenvalue weighted by Gasteiger charge is 2.34. The minimum atomic E-state index is -0.884. The van der Waals surface area contributed by atoms with Crippen LogP contribution in [0.15, 0.2) is 12.2 Å². The number of hydrogen-bond donors (Lipinski definition) is 2. The second-order valence-corrected chi connectivity index (χ2v) is 5.32. The van der Waals surface area contributed by atoms with Crippen molar-refractivity contribution in [2.24, 2.45) is 17.8 Å². The van der Waals surface area contributed by atoms with Crippen LogP contribution in [0.4, 0.5) is 0 Å². The average molecular weight is 267 g/mol. The lowest BCUT2D eigenvalue weighted by atomic mass is 9.82. The Hall–Kier alpha value is -1.36. The first-order chi connectivity index (χ1) is 9.18. The van der Waals surface area contributed by atoms with Crippen LogP contribution < -0.4 is 5.32 Å². The predicted molar refractivity (Wildman–Crippen MR) is 69.5 cm³/mol. The molecule has 1 aliphatic carbocycles. The molecule has 0 saturated carbocycles. The van der Waals surface area contributed by atoms with Gasteiger partial charge in [0.25, 0.3) is 0 Å². The molecule has 0 aromatic rings. The molecule has 106 valence electrons. The quantitative estimate of drug-likeness (QED) is 0.750. The van der Waals surface area contributed by atoms with Crippen molar-refractivity contribution >= 4 is 11.9 Å². The van der Waals surface area contributed by atoms with Crippen molar-refractivity contribution in [3.8, 4) is 0 Å². The Bertz CT molecular complexity index is 360. The number of carboxylic acid groups (broad SMARTS) is 1. The van der Waals surface area contributed by atoms with Crippen LogP contribution >= 0.6 is 0 Å². The van der Waals surface area contributed by atoms with Gasteiger partial charge in [-0.2, -0.15) is 0 Å². The number of nitrogens with one attached hydrogen (secondary N) is 1. The van der Waals surface area contributed by atoms with Crippen molar-refractivity contribution in [1.29, 1.82) is 0 Å². The zero-order chi connectivity index (χ0) is 13.7. The first-order valence-corrected chi connectivity index (χ1v) is 6.91. The van der Waals surface area contributed by atoms with E-state index in [1.54, 1.807) is 0 Å². The van der Waals surface area contributed by atoms with Crippen molar-refractivity contribution in [2.75, 3.05) is 19.8 Å². The molecule has 0 bridgehead atoms. The van der Waals surface area contributed by atoms with Crippen molar-refractivity contribution in [3.63, 3.8) is 0 Å². The van der Waals surface area contributed by atoms with E-state index in [-0.39, 0.29) is 5.91 Å². The SMILES string of the molecule is O=C(O)C1CC=CCC1C(=O)NCC1CCCOC1. The second-order valence-electron chi connectivity index (χ2n) is 5.32. The maximum Gasteiger partial charge on any atom is 0.307 e. The first-order valence-electron chi connectivity index (χ1n) is 6.91. The summed E-state index contributed by atoms with van der Waals surface area (Å²) < 4.78 is 5.36. The summed E-state index contributed by atoms with van der Waals surface area (Å²) in [4.78, 5) is 23.2. The topological polar surface area (TPSA) is 75.6 Å². The molecule has 0 spiro atoms. The minimum Gasteiger partial charge on any atom is -0.481 e. The molecule has 5 heteroatoms. The molecule has 2 N–H and O–H groups in total. The van der Waals surface area contributed by atoms with Gasteiger partial charge in [-0.15, -0.1) is 0 Å². The van der Waals surface area contributed by atoms with Crippen LogP contribution in [0, 0.1) is 17.8 Å². The molecular formula is C14H21NO4. The molecule has 3 atom stereocenters. The van der Waals surface area contributed by atoms with E-state index >= 15 is 0 Å². The molecule has 0 aromatic carbocycles. The summed E-state index contributed by atoms with van der Waals surface area (Å²) in [5.74, 6) is -1.69. The average Bonchev–Trinajstić information content (AvgIpc) is 2.46. The lowest BCUT2D eigenvalue weighted by Gasteiger charge is -2.26. The van der Waals surface area contributed by atoms with Crippen molar-refractivity contribution in [2.45, 2.75) is 25.7 Å². The summed E-state index contributed by atoms with van der Waals surface area (Å²) in [5.41, 5.74) is 0. The molecule has 5 nitrogen and oxygen atoms in total.